The molecule has 4 rings (SSSR count). The number of nitrogen functional groups attached to an aromatic ring is 1. The average Bonchev–Trinajstić information content (AvgIpc) is 2.81. The molecule has 2 atom stereocenters. The van der Waals surface area contributed by atoms with Gasteiger partial charge in [0.25, 0.3) is 5.91 Å². The van der Waals surface area contributed by atoms with E-state index in [1.54, 1.807) is 23.6 Å². The predicted molar refractivity (Wildman–Crippen MR) is 96.8 cm³/mol. The number of thiophene rings is 1. The third-order valence-electron chi connectivity index (χ3n) is 4.63. The van der Waals surface area contributed by atoms with Crippen LogP contribution in [0.2, 0.25) is 0 Å². The van der Waals surface area contributed by atoms with Crippen LogP contribution in [-0.4, -0.2) is 59.7 Å². The summed E-state index contributed by atoms with van der Waals surface area (Å²) in [6, 6.07) is 5.61. The molecule has 2 N–H and O–H groups in total. The third kappa shape index (κ3) is 3.32. The van der Waals surface area contributed by atoms with E-state index >= 15 is 0 Å². The van der Waals surface area contributed by atoms with Gasteiger partial charge in [-0.1, -0.05) is 0 Å². The quantitative estimate of drug-likeness (QED) is 0.873. The van der Waals surface area contributed by atoms with Gasteiger partial charge < -0.3 is 20.3 Å². The molecule has 7 nitrogen and oxygen atoms in total. The Hall–Kier alpha value is -2.19. The lowest BCUT2D eigenvalue weighted by atomic mass is 10.1. The van der Waals surface area contributed by atoms with Crippen molar-refractivity contribution in [1.82, 2.24) is 14.9 Å². The van der Waals surface area contributed by atoms with Gasteiger partial charge in [0.1, 0.15) is 5.82 Å². The van der Waals surface area contributed by atoms with Gasteiger partial charge in [0, 0.05) is 36.6 Å². The number of carbonyl (C=O) groups is 1. The number of nitrogens with zero attached hydrogens (tertiary/aromatic N) is 4. The van der Waals surface area contributed by atoms with Crippen LogP contribution < -0.4 is 10.6 Å². The number of hydrogen-bond acceptors (Lipinski definition) is 7. The number of amides is 1. The fourth-order valence-corrected chi connectivity index (χ4v) is 4.29. The third-order valence-corrected chi connectivity index (χ3v) is 5.62. The summed E-state index contributed by atoms with van der Waals surface area (Å²) < 4.78 is 5.82. The molecule has 2 bridgehead atoms. The first-order valence-electron chi connectivity index (χ1n) is 8.39. The van der Waals surface area contributed by atoms with E-state index in [0.29, 0.717) is 38.1 Å². The summed E-state index contributed by atoms with van der Waals surface area (Å²) in [6.07, 6.45) is 1.67. The fourth-order valence-electron chi connectivity index (χ4n) is 3.46. The van der Waals surface area contributed by atoms with Gasteiger partial charge in [-0.2, -0.15) is 4.98 Å². The average molecular weight is 359 g/mol. The largest absolute Gasteiger partial charge is 0.384 e. The van der Waals surface area contributed by atoms with Crippen LogP contribution in [0.25, 0.3) is 0 Å². The van der Waals surface area contributed by atoms with Gasteiger partial charge in [-0.3, -0.25) is 4.79 Å². The highest BCUT2D eigenvalue weighted by atomic mass is 32.1. The van der Waals surface area contributed by atoms with Crippen LogP contribution in [0.5, 0.6) is 0 Å². The molecule has 2 saturated heterocycles. The molecule has 4 heterocycles. The normalized spacial score (nSPS) is 23.4. The summed E-state index contributed by atoms with van der Waals surface area (Å²) in [6.45, 7) is 5.27. The van der Waals surface area contributed by atoms with Crippen LogP contribution in [0.3, 0.4) is 0 Å². The van der Waals surface area contributed by atoms with E-state index < -0.39 is 0 Å². The van der Waals surface area contributed by atoms with E-state index in [2.05, 4.69) is 14.9 Å². The summed E-state index contributed by atoms with van der Waals surface area (Å²) in [5, 5.41) is 0. The summed E-state index contributed by atoms with van der Waals surface area (Å²) in [4.78, 5) is 27.7. The Morgan fingerprint density at radius 3 is 2.92 bits per heavy atom. The van der Waals surface area contributed by atoms with Crippen molar-refractivity contribution in [1.29, 1.82) is 0 Å². The topological polar surface area (TPSA) is 84.6 Å². The molecule has 0 unspecified atom stereocenters. The first kappa shape index (κ1) is 16.3. The summed E-state index contributed by atoms with van der Waals surface area (Å²) >= 11 is 1.55. The van der Waals surface area contributed by atoms with Gasteiger partial charge in [0.05, 0.1) is 24.1 Å². The number of aryl methyl sites for hydroxylation is 1. The van der Waals surface area contributed by atoms with E-state index in [1.165, 1.54) is 0 Å². The number of hydrogen-bond donors (Lipinski definition) is 1. The van der Waals surface area contributed by atoms with Gasteiger partial charge in [-0.05, 0) is 25.1 Å². The molecule has 2 aromatic heterocycles. The minimum absolute atomic E-state index is 0.0271. The molecule has 0 spiro atoms. The van der Waals surface area contributed by atoms with Gasteiger partial charge in [-0.25, -0.2) is 4.98 Å². The summed E-state index contributed by atoms with van der Waals surface area (Å²) in [7, 11) is 0. The van der Waals surface area contributed by atoms with Gasteiger partial charge in [0.2, 0.25) is 5.95 Å². The number of aromatic nitrogens is 2. The van der Waals surface area contributed by atoms with E-state index in [1.807, 2.05) is 24.0 Å². The standard InChI is InChI=1S/C17H21N5O2S/c1-11-2-3-14(25-11)16(23)21-6-12-7-22(13(8-21)10-24-9-12)17-19-5-4-15(18)20-17/h2-5,12-13H,6-10H2,1H3,(H2,18,19,20)/t12-,13-/m0/s1. The second-order valence-electron chi connectivity index (χ2n) is 6.61. The van der Waals surface area contributed by atoms with Crippen molar-refractivity contribution in [2.45, 2.75) is 13.0 Å². The van der Waals surface area contributed by atoms with Crippen LogP contribution >= 0.6 is 11.3 Å². The minimum atomic E-state index is 0.0271. The number of fused-ring (bicyclic) bond motifs is 3. The Labute approximate surface area is 150 Å². The first-order chi connectivity index (χ1) is 12.1. The first-order valence-corrected chi connectivity index (χ1v) is 9.20. The molecule has 1 amide bonds. The molecule has 0 saturated carbocycles. The molecule has 0 aromatic carbocycles. The Balaban J connectivity index is 1.60. The molecule has 2 aromatic rings. The number of nitrogens with two attached hydrogens (primary N) is 1. The van der Waals surface area contributed by atoms with Crippen molar-refractivity contribution in [3.63, 3.8) is 0 Å². The molecular weight excluding hydrogens is 338 g/mol. The Morgan fingerprint density at radius 2 is 2.16 bits per heavy atom. The molecule has 132 valence electrons. The molecular formula is C17H21N5O2S. The predicted octanol–water partition coefficient (Wildman–Crippen LogP) is 1.41. The number of carbonyl (C=O) groups excluding carboxylic acids is 1. The molecule has 0 aliphatic carbocycles. The monoisotopic (exact) mass is 359 g/mol. The highest BCUT2D eigenvalue weighted by Crippen LogP contribution is 2.26. The second kappa shape index (κ2) is 6.61. The second-order valence-corrected chi connectivity index (χ2v) is 7.90. The minimum Gasteiger partial charge on any atom is -0.384 e. The zero-order chi connectivity index (χ0) is 17.4. The maximum absolute atomic E-state index is 12.9. The molecule has 2 aliphatic rings. The Morgan fingerprint density at radius 1 is 1.28 bits per heavy atom. The molecule has 25 heavy (non-hydrogen) atoms. The maximum atomic E-state index is 12.9. The summed E-state index contributed by atoms with van der Waals surface area (Å²) in [5.41, 5.74) is 5.82. The van der Waals surface area contributed by atoms with E-state index in [-0.39, 0.29) is 17.9 Å². The van der Waals surface area contributed by atoms with Crippen molar-refractivity contribution in [2.24, 2.45) is 5.92 Å². The number of rotatable bonds is 2. The highest BCUT2D eigenvalue weighted by molar-refractivity contribution is 7.13. The molecule has 2 fully saturated rings. The van der Waals surface area contributed by atoms with Gasteiger partial charge >= 0.3 is 0 Å². The lowest BCUT2D eigenvalue weighted by Gasteiger charge is -2.31. The van der Waals surface area contributed by atoms with Crippen molar-refractivity contribution in [2.75, 3.05) is 43.5 Å². The van der Waals surface area contributed by atoms with Gasteiger partial charge in [0.15, 0.2) is 0 Å². The number of anilines is 2. The van der Waals surface area contributed by atoms with Crippen molar-refractivity contribution < 1.29 is 9.53 Å². The van der Waals surface area contributed by atoms with Crippen molar-refractivity contribution in [3.8, 4) is 0 Å². The van der Waals surface area contributed by atoms with Crippen molar-refractivity contribution in [3.05, 3.63) is 34.2 Å². The Kier molecular flexibility index (Phi) is 4.30. The Bertz CT molecular complexity index is 780. The zero-order valence-corrected chi connectivity index (χ0v) is 14.9. The van der Waals surface area contributed by atoms with Crippen LogP contribution in [0.15, 0.2) is 24.4 Å². The van der Waals surface area contributed by atoms with Crippen LogP contribution in [0.1, 0.15) is 14.5 Å². The van der Waals surface area contributed by atoms with E-state index in [9.17, 15) is 4.79 Å². The smallest absolute Gasteiger partial charge is 0.264 e. The van der Waals surface area contributed by atoms with Crippen LogP contribution in [0.4, 0.5) is 11.8 Å². The molecule has 2 aliphatic heterocycles. The van der Waals surface area contributed by atoms with E-state index in [4.69, 9.17) is 10.5 Å². The maximum Gasteiger partial charge on any atom is 0.264 e. The SMILES string of the molecule is Cc1ccc(C(=O)N2C[C@@H]3COC[C@H](C2)N(c2nccc(N)n2)C3)s1. The van der Waals surface area contributed by atoms with Crippen LogP contribution in [-0.2, 0) is 4.74 Å². The van der Waals surface area contributed by atoms with Crippen molar-refractivity contribution >= 4 is 29.0 Å². The molecule has 0 radical (unpaired) electrons. The lowest BCUT2D eigenvalue weighted by Crippen LogP contribution is -2.46. The molecule has 8 heteroatoms. The highest BCUT2D eigenvalue weighted by Gasteiger charge is 2.36. The van der Waals surface area contributed by atoms with Crippen LogP contribution in [0, 0.1) is 12.8 Å². The van der Waals surface area contributed by atoms with E-state index in [0.717, 1.165) is 16.3 Å². The van der Waals surface area contributed by atoms with Gasteiger partial charge in [-0.15, -0.1) is 11.3 Å². The number of ether oxygens (including phenoxy) is 1. The fraction of sp³-hybridized carbons (Fsp3) is 0.471. The zero-order valence-electron chi connectivity index (χ0n) is 14.1. The summed E-state index contributed by atoms with van der Waals surface area (Å²) in [5.74, 6) is 1.39. The lowest BCUT2D eigenvalue weighted by molar-refractivity contribution is 0.0499.